The number of aromatic nitrogens is 1. The second-order valence-corrected chi connectivity index (χ2v) is 9.30. The molecule has 1 aromatic rings. The second kappa shape index (κ2) is 5.58. The van der Waals surface area contributed by atoms with E-state index in [-0.39, 0.29) is 11.3 Å². The van der Waals surface area contributed by atoms with Gasteiger partial charge >= 0.3 is 0 Å². The Balaban J connectivity index is 1.68. The first-order chi connectivity index (χ1) is 11.0. The Hall–Kier alpha value is -0.900. The van der Waals surface area contributed by atoms with E-state index >= 15 is 0 Å². The fourth-order valence-electron chi connectivity index (χ4n) is 5.68. The highest BCUT2D eigenvalue weighted by Crippen LogP contribution is 2.65. The Morgan fingerprint density at radius 3 is 2.65 bits per heavy atom. The molecule has 0 radical (unpaired) electrons. The molecule has 4 bridgehead atoms. The maximum Gasteiger partial charge on any atom is 0.253 e. The van der Waals surface area contributed by atoms with Crippen LogP contribution in [0.5, 0.6) is 0 Å². The van der Waals surface area contributed by atoms with E-state index in [0.29, 0.717) is 5.92 Å². The van der Waals surface area contributed by atoms with Gasteiger partial charge in [-0.05, 0) is 81.2 Å². The SMILES string of the molecule is CCCCc1c(C)n(C)s/c1=N\C(=O)C12CC3CC(CC1C3)C2. The Labute approximate surface area is 143 Å². The van der Waals surface area contributed by atoms with Crippen molar-refractivity contribution in [2.45, 2.75) is 65.2 Å². The molecule has 4 aliphatic carbocycles. The summed E-state index contributed by atoms with van der Waals surface area (Å²) < 4.78 is 3.16. The molecule has 5 rings (SSSR count). The van der Waals surface area contributed by atoms with Gasteiger partial charge in [-0.1, -0.05) is 13.3 Å². The Bertz CT molecular complexity index is 685. The summed E-state index contributed by atoms with van der Waals surface area (Å²) in [4.78, 5) is 17.9. The maximum atomic E-state index is 13.2. The van der Waals surface area contributed by atoms with Crippen molar-refractivity contribution in [3.63, 3.8) is 0 Å². The molecule has 4 saturated carbocycles. The minimum atomic E-state index is -0.0773. The van der Waals surface area contributed by atoms with E-state index in [1.807, 2.05) is 0 Å². The van der Waals surface area contributed by atoms with Gasteiger partial charge in [-0.25, -0.2) is 4.99 Å². The molecule has 4 aliphatic rings. The molecule has 23 heavy (non-hydrogen) atoms. The van der Waals surface area contributed by atoms with E-state index in [1.165, 1.54) is 43.4 Å². The highest BCUT2D eigenvalue weighted by molar-refractivity contribution is 7.04. The van der Waals surface area contributed by atoms with Gasteiger partial charge in [0.15, 0.2) is 0 Å². The van der Waals surface area contributed by atoms with E-state index < -0.39 is 0 Å². The highest BCUT2D eigenvalue weighted by atomic mass is 32.1. The number of unbranched alkanes of at least 4 members (excludes halogenated alkanes) is 1. The average molecular weight is 333 g/mol. The summed E-state index contributed by atoms with van der Waals surface area (Å²) in [5.74, 6) is 2.47. The zero-order valence-corrected chi connectivity index (χ0v) is 15.4. The minimum Gasteiger partial charge on any atom is -0.303 e. The van der Waals surface area contributed by atoms with Gasteiger partial charge in [-0.3, -0.25) is 4.79 Å². The Morgan fingerprint density at radius 2 is 2.00 bits per heavy atom. The van der Waals surface area contributed by atoms with E-state index in [1.54, 1.807) is 11.5 Å². The Morgan fingerprint density at radius 1 is 1.30 bits per heavy atom. The molecule has 1 aromatic heterocycles. The predicted molar refractivity (Wildman–Crippen MR) is 93.2 cm³/mol. The summed E-state index contributed by atoms with van der Waals surface area (Å²) in [5, 5.41) is 0. The monoisotopic (exact) mass is 332 g/mol. The molecule has 3 nitrogen and oxygen atoms in total. The van der Waals surface area contributed by atoms with E-state index in [2.05, 4.69) is 24.9 Å². The first-order valence-electron chi connectivity index (χ1n) is 9.28. The lowest BCUT2D eigenvalue weighted by Gasteiger charge is -2.29. The normalized spacial score (nSPS) is 35.4. The van der Waals surface area contributed by atoms with Crippen molar-refractivity contribution >= 4 is 17.4 Å². The molecule has 0 aliphatic heterocycles. The van der Waals surface area contributed by atoms with Gasteiger partial charge in [0.2, 0.25) is 0 Å². The summed E-state index contributed by atoms with van der Waals surface area (Å²) in [6.45, 7) is 4.38. The van der Waals surface area contributed by atoms with Crippen LogP contribution in [0.15, 0.2) is 4.99 Å². The van der Waals surface area contributed by atoms with Gasteiger partial charge in [0, 0.05) is 18.3 Å². The molecule has 0 spiro atoms. The van der Waals surface area contributed by atoms with Gasteiger partial charge in [0.25, 0.3) is 5.91 Å². The van der Waals surface area contributed by atoms with Crippen LogP contribution in [0.1, 0.15) is 63.1 Å². The molecule has 1 amide bonds. The van der Waals surface area contributed by atoms with Gasteiger partial charge in [-0.2, -0.15) is 0 Å². The quantitative estimate of drug-likeness (QED) is 0.821. The third-order valence-corrected chi connectivity index (χ3v) is 7.85. The van der Waals surface area contributed by atoms with Gasteiger partial charge < -0.3 is 3.96 Å². The number of rotatable bonds is 4. The molecule has 2 unspecified atom stereocenters. The number of amides is 1. The zero-order valence-electron chi connectivity index (χ0n) is 14.6. The third-order valence-electron chi connectivity index (χ3n) is 6.79. The molecule has 1 heterocycles. The number of carbonyl (C=O) groups excluding carboxylic acids is 1. The Kier molecular flexibility index (Phi) is 3.79. The third kappa shape index (κ3) is 2.36. The topological polar surface area (TPSA) is 34.4 Å². The zero-order chi connectivity index (χ0) is 16.2. The summed E-state index contributed by atoms with van der Waals surface area (Å²) in [5.41, 5.74) is 2.51. The molecule has 4 fully saturated rings. The van der Waals surface area contributed by atoms with Crippen LogP contribution in [0.3, 0.4) is 0 Å². The van der Waals surface area contributed by atoms with Crippen molar-refractivity contribution in [2.24, 2.45) is 35.2 Å². The fraction of sp³-hybridized carbons (Fsp3) is 0.789. The van der Waals surface area contributed by atoms with Crippen molar-refractivity contribution in [2.75, 3.05) is 0 Å². The lowest BCUT2D eigenvalue weighted by atomic mass is 9.75. The molecular weight excluding hydrogens is 304 g/mol. The van der Waals surface area contributed by atoms with Gasteiger partial charge in [-0.15, -0.1) is 0 Å². The summed E-state index contributed by atoms with van der Waals surface area (Å²) in [6, 6.07) is 0. The maximum absolute atomic E-state index is 13.2. The van der Waals surface area contributed by atoms with Crippen molar-refractivity contribution in [3.05, 3.63) is 15.9 Å². The summed E-state index contributed by atoms with van der Waals surface area (Å²) >= 11 is 1.65. The second-order valence-electron chi connectivity index (χ2n) is 8.18. The van der Waals surface area contributed by atoms with E-state index in [4.69, 9.17) is 4.99 Å². The van der Waals surface area contributed by atoms with Crippen LogP contribution >= 0.6 is 11.5 Å². The molecule has 0 N–H and O–H groups in total. The fourth-order valence-corrected chi connectivity index (χ4v) is 6.67. The van der Waals surface area contributed by atoms with Crippen molar-refractivity contribution in [1.29, 1.82) is 0 Å². The largest absolute Gasteiger partial charge is 0.303 e. The lowest BCUT2D eigenvalue weighted by molar-refractivity contribution is -0.129. The van der Waals surface area contributed by atoms with Crippen LogP contribution in [0.2, 0.25) is 0 Å². The molecule has 0 aromatic carbocycles. The van der Waals surface area contributed by atoms with Crippen molar-refractivity contribution in [1.82, 2.24) is 3.96 Å². The first kappa shape index (κ1) is 15.6. The summed E-state index contributed by atoms with van der Waals surface area (Å²) in [6.07, 6.45) is 9.60. The average Bonchev–Trinajstić information content (AvgIpc) is 3.03. The smallest absolute Gasteiger partial charge is 0.253 e. The highest BCUT2D eigenvalue weighted by Gasteiger charge is 2.61. The van der Waals surface area contributed by atoms with Crippen molar-refractivity contribution in [3.8, 4) is 0 Å². The molecule has 2 atom stereocenters. The molecule has 4 heteroatoms. The first-order valence-corrected chi connectivity index (χ1v) is 10.1. The molecular formula is C19H28N2OS. The van der Waals surface area contributed by atoms with Crippen LogP contribution in [-0.2, 0) is 18.3 Å². The number of hydrogen-bond acceptors (Lipinski definition) is 2. The van der Waals surface area contributed by atoms with E-state index in [0.717, 1.165) is 35.8 Å². The van der Waals surface area contributed by atoms with Crippen LogP contribution in [0, 0.1) is 30.1 Å². The summed E-state index contributed by atoms with van der Waals surface area (Å²) in [7, 11) is 2.08. The van der Waals surface area contributed by atoms with Gasteiger partial charge in [0.1, 0.15) is 4.67 Å². The van der Waals surface area contributed by atoms with Crippen LogP contribution < -0.4 is 4.67 Å². The minimum absolute atomic E-state index is 0.0773. The lowest BCUT2D eigenvalue weighted by Crippen LogP contribution is -2.32. The standard InChI is InChI=1S/C19H28N2OS/c1-4-5-6-16-12(2)21(3)23-17(16)20-18(22)19-10-13-7-14(11-19)9-15(19)8-13/h13-15H,4-11H2,1-3H3/b20-17-. The number of carbonyl (C=O) groups is 1. The van der Waals surface area contributed by atoms with E-state index in [9.17, 15) is 4.79 Å². The predicted octanol–water partition coefficient (Wildman–Crippen LogP) is 3.99. The van der Waals surface area contributed by atoms with Crippen LogP contribution in [-0.4, -0.2) is 9.86 Å². The van der Waals surface area contributed by atoms with Crippen LogP contribution in [0.25, 0.3) is 0 Å². The van der Waals surface area contributed by atoms with Crippen molar-refractivity contribution < 1.29 is 4.79 Å². The molecule has 0 saturated heterocycles. The number of nitrogens with zero attached hydrogens (tertiary/aromatic N) is 2. The molecule has 126 valence electrons. The number of aryl methyl sites for hydroxylation is 1. The van der Waals surface area contributed by atoms with Crippen LogP contribution in [0.4, 0.5) is 0 Å². The number of hydrogen-bond donors (Lipinski definition) is 0. The van der Waals surface area contributed by atoms with Gasteiger partial charge in [0.05, 0.1) is 5.41 Å².